The van der Waals surface area contributed by atoms with E-state index in [9.17, 15) is 0 Å². The maximum atomic E-state index is 5.36. The van der Waals surface area contributed by atoms with E-state index in [-0.39, 0.29) is 6.04 Å². The van der Waals surface area contributed by atoms with Gasteiger partial charge in [0.1, 0.15) is 31.9 Å². The molecule has 1 fully saturated rings. The lowest BCUT2D eigenvalue weighted by Gasteiger charge is -2.33. The van der Waals surface area contributed by atoms with Gasteiger partial charge in [0.25, 0.3) is 0 Å². The van der Waals surface area contributed by atoms with Crippen molar-refractivity contribution in [3.63, 3.8) is 0 Å². The van der Waals surface area contributed by atoms with Gasteiger partial charge >= 0.3 is 0 Å². The second-order valence-corrected chi connectivity index (χ2v) is 7.65. The molecule has 1 aromatic heterocycles. The third-order valence-electron chi connectivity index (χ3n) is 5.95. The van der Waals surface area contributed by atoms with Crippen molar-refractivity contribution in [3.05, 3.63) is 71.5 Å². The van der Waals surface area contributed by atoms with Gasteiger partial charge in [0.05, 0.1) is 20.2 Å². The Morgan fingerprint density at radius 2 is 1.72 bits per heavy atom. The van der Waals surface area contributed by atoms with Crippen molar-refractivity contribution in [1.29, 1.82) is 0 Å². The number of hydrogen-bond donors (Lipinski definition) is 2. The fourth-order valence-electron chi connectivity index (χ4n) is 4.22. The minimum absolute atomic E-state index is 0.109. The molecule has 152 valence electrons. The highest BCUT2D eigenvalue weighted by molar-refractivity contribution is 5.30. The van der Waals surface area contributed by atoms with Gasteiger partial charge in [-0.15, -0.1) is 5.10 Å². The van der Waals surface area contributed by atoms with Crippen molar-refractivity contribution in [1.82, 2.24) is 20.2 Å². The molecule has 1 saturated heterocycles. The van der Waals surface area contributed by atoms with Gasteiger partial charge in [0, 0.05) is 5.56 Å². The zero-order chi connectivity index (χ0) is 20.1. The van der Waals surface area contributed by atoms with Gasteiger partial charge in [-0.3, -0.25) is 0 Å². The summed E-state index contributed by atoms with van der Waals surface area (Å²) in [5, 5.41) is 12.9. The minimum atomic E-state index is 0.109. The Bertz CT molecular complexity index is 887. The molecule has 2 heterocycles. The van der Waals surface area contributed by atoms with Crippen LogP contribution in [0.2, 0.25) is 0 Å². The summed E-state index contributed by atoms with van der Waals surface area (Å²) in [6.07, 6.45) is 0. The van der Waals surface area contributed by atoms with Crippen LogP contribution in [-0.4, -0.2) is 60.0 Å². The van der Waals surface area contributed by atoms with Crippen LogP contribution >= 0.6 is 0 Å². The van der Waals surface area contributed by atoms with E-state index < -0.39 is 0 Å². The van der Waals surface area contributed by atoms with E-state index in [4.69, 9.17) is 4.74 Å². The van der Waals surface area contributed by atoms with E-state index in [0.717, 1.165) is 24.7 Å². The summed E-state index contributed by atoms with van der Waals surface area (Å²) in [5.74, 6) is 1.79. The van der Waals surface area contributed by atoms with Crippen molar-refractivity contribution < 1.29 is 14.5 Å². The standard InChI is InChI=1S/C22H28N6O/c1-3-26-13-15-27(16-14-26)21(19-9-11-20(29-2)12-10-19)22-23-24-25-28(22)17-18-7-5-4-6-8-18/h4-12,21H,3,13-17H2,1-2H3/p+2/t21-/m0/s1. The Labute approximate surface area is 171 Å². The van der Waals surface area contributed by atoms with Gasteiger partial charge < -0.3 is 14.5 Å². The first kappa shape index (κ1) is 19.5. The summed E-state index contributed by atoms with van der Waals surface area (Å²) in [6, 6.07) is 18.8. The Balaban J connectivity index is 1.66. The van der Waals surface area contributed by atoms with Crippen molar-refractivity contribution in [2.45, 2.75) is 19.5 Å². The fourth-order valence-corrected chi connectivity index (χ4v) is 4.22. The second-order valence-electron chi connectivity index (χ2n) is 7.65. The molecule has 1 aliphatic rings. The van der Waals surface area contributed by atoms with E-state index in [0.29, 0.717) is 6.54 Å². The molecule has 0 radical (unpaired) electrons. The van der Waals surface area contributed by atoms with Gasteiger partial charge in [-0.1, -0.05) is 30.3 Å². The first-order chi connectivity index (χ1) is 14.3. The Morgan fingerprint density at radius 3 is 2.38 bits per heavy atom. The third-order valence-corrected chi connectivity index (χ3v) is 5.95. The van der Waals surface area contributed by atoms with E-state index in [1.807, 2.05) is 22.9 Å². The highest BCUT2D eigenvalue weighted by Gasteiger charge is 2.35. The molecule has 1 aliphatic heterocycles. The quantitative estimate of drug-likeness (QED) is 0.574. The highest BCUT2D eigenvalue weighted by atomic mass is 16.5. The molecule has 0 saturated carbocycles. The van der Waals surface area contributed by atoms with E-state index in [1.54, 1.807) is 12.0 Å². The van der Waals surface area contributed by atoms with E-state index in [1.165, 1.54) is 35.7 Å². The van der Waals surface area contributed by atoms with Crippen LogP contribution in [0.4, 0.5) is 0 Å². The van der Waals surface area contributed by atoms with Crippen LogP contribution in [0.3, 0.4) is 0 Å². The summed E-state index contributed by atoms with van der Waals surface area (Å²) < 4.78 is 7.32. The number of ether oxygens (including phenoxy) is 1. The number of nitrogens with zero attached hydrogens (tertiary/aromatic N) is 4. The van der Waals surface area contributed by atoms with Gasteiger partial charge in [-0.05, 0) is 47.2 Å². The molecule has 0 bridgehead atoms. The first-order valence-electron chi connectivity index (χ1n) is 10.4. The predicted octanol–water partition coefficient (Wildman–Crippen LogP) is -0.377. The second kappa shape index (κ2) is 9.15. The number of aromatic nitrogens is 4. The predicted molar refractivity (Wildman–Crippen MR) is 110 cm³/mol. The summed E-state index contributed by atoms with van der Waals surface area (Å²) in [7, 11) is 1.70. The lowest BCUT2D eigenvalue weighted by Crippen LogP contribution is -3.28. The zero-order valence-corrected chi connectivity index (χ0v) is 17.2. The third kappa shape index (κ3) is 4.46. The van der Waals surface area contributed by atoms with E-state index >= 15 is 0 Å². The SMILES string of the molecule is CC[NH+]1CC[NH+]([C@@H](c2ccc(OC)cc2)c2nnnn2Cc2ccccc2)CC1. The van der Waals surface area contributed by atoms with Crippen molar-refractivity contribution >= 4 is 0 Å². The largest absolute Gasteiger partial charge is 0.497 e. The average molecular weight is 395 g/mol. The molecule has 0 unspecified atom stereocenters. The van der Waals surface area contributed by atoms with Crippen molar-refractivity contribution in [2.24, 2.45) is 0 Å². The molecule has 0 aliphatic carbocycles. The normalized spacial score (nSPS) is 20.3. The molecular formula is C22H30N6O+2. The molecule has 4 rings (SSSR count). The Kier molecular flexibility index (Phi) is 6.17. The number of quaternary nitrogens is 2. The van der Waals surface area contributed by atoms with Crippen LogP contribution in [0.15, 0.2) is 54.6 Å². The van der Waals surface area contributed by atoms with Crippen LogP contribution in [0.25, 0.3) is 0 Å². The number of tetrazole rings is 1. The fraction of sp³-hybridized carbons (Fsp3) is 0.409. The zero-order valence-electron chi connectivity index (χ0n) is 17.2. The molecule has 2 aromatic carbocycles. The molecule has 3 aromatic rings. The van der Waals surface area contributed by atoms with Crippen LogP contribution in [0, 0.1) is 0 Å². The van der Waals surface area contributed by atoms with Crippen LogP contribution in [0.1, 0.15) is 29.9 Å². The average Bonchev–Trinajstić information content (AvgIpc) is 3.23. The van der Waals surface area contributed by atoms with Crippen LogP contribution < -0.4 is 14.5 Å². The van der Waals surface area contributed by atoms with Gasteiger partial charge in [-0.25, -0.2) is 4.68 Å². The summed E-state index contributed by atoms with van der Waals surface area (Å²) in [5.41, 5.74) is 2.43. The highest BCUT2D eigenvalue weighted by Crippen LogP contribution is 2.21. The monoisotopic (exact) mass is 394 g/mol. The van der Waals surface area contributed by atoms with Crippen molar-refractivity contribution in [3.8, 4) is 5.75 Å². The topological polar surface area (TPSA) is 61.7 Å². The van der Waals surface area contributed by atoms with Crippen LogP contribution in [-0.2, 0) is 6.54 Å². The molecule has 1 atom stereocenters. The van der Waals surface area contributed by atoms with Gasteiger partial charge in [0.15, 0.2) is 6.04 Å². The molecular weight excluding hydrogens is 364 g/mol. The maximum absolute atomic E-state index is 5.36. The Hall–Kier alpha value is -2.77. The maximum Gasteiger partial charge on any atom is 0.214 e. The number of likely N-dealkylation sites (N-methyl/N-ethyl adjacent to an activating group) is 1. The number of methoxy groups -OCH3 is 1. The van der Waals surface area contributed by atoms with Crippen LogP contribution in [0.5, 0.6) is 5.75 Å². The minimum Gasteiger partial charge on any atom is -0.497 e. The number of piperazine rings is 1. The number of benzene rings is 2. The molecule has 0 spiro atoms. The Morgan fingerprint density at radius 1 is 1.00 bits per heavy atom. The molecule has 2 N–H and O–H groups in total. The smallest absolute Gasteiger partial charge is 0.214 e. The lowest BCUT2D eigenvalue weighted by atomic mass is 10.0. The first-order valence-corrected chi connectivity index (χ1v) is 10.4. The summed E-state index contributed by atoms with van der Waals surface area (Å²) >= 11 is 0. The summed E-state index contributed by atoms with van der Waals surface area (Å²) in [4.78, 5) is 3.20. The number of hydrogen-bond acceptors (Lipinski definition) is 4. The molecule has 29 heavy (non-hydrogen) atoms. The lowest BCUT2D eigenvalue weighted by molar-refractivity contribution is -1.02. The molecule has 7 heteroatoms. The number of rotatable bonds is 7. The van der Waals surface area contributed by atoms with Gasteiger partial charge in [-0.2, -0.15) is 0 Å². The van der Waals surface area contributed by atoms with Crippen molar-refractivity contribution in [2.75, 3.05) is 39.8 Å². The van der Waals surface area contributed by atoms with E-state index in [2.05, 4.69) is 58.8 Å². The summed E-state index contributed by atoms with van der Waals surface area (Å²) in [6.45, 7) is 8.71. The van der Waals surface area contributed by atoms with Gasteiger partial charge in [0.2, 0.25) is 5.82 Å². The number of nitrogens with one attached hydrogen (secondary N) is 2. The molecule has 0 amide bonds. The molecule has 7 nitrogen and oxygen atoms in total.